The Balaban J connectivity index is 1.92. The third-order valence-corrected chi connectivity index (χ3v) is 4.12. The normalized spacial score (nSPS) is 16.7. The fraction of sp³-hybridized carbons (Fsp3) is 0.500. The second-order valence-corrected chi connectivity index (χ2v) is 6.16. The molecule has 1 aliphatic carbocycles. The molecule has 1 fully saturated rings. The summed E-state index contributed by atoms with van der Waals surface area (Å²) in [4.78, 5) is 23.3. The lowest BCUT2D eigenvalue weighted by Gasteiger charge is -2.19. The van der Waals surface area contributed by atoms with Crippen LogP contribution in [0.4, 0.5) is 0 Å². The summed E-state index contributed by atoms with van der Waals surface area (Å²) in [7, 11) is 0. The van der Waals surface area contributed by atoms with Crippen molar-refractivity contribution in [1.29, 1.82) is 0 Å². The molecule has 1 aromatic carbocycles. The van der Waals surface area contributed by atoms with Crippen molar-refractivity contribution in [3.8, 4) is 5.75 Å². The van der Waals surface area contributed by atoms with Crippen LogP contribution in [0.5, 0.6) is 5.75 Å². The average Bonchev–Trinajstić information content (AvgIpc) is 3.26. The van der Waals surface area contributed by atoms with Crippen LogP contribution in [0.25, 0.3) is 0 Å². The van der Waals surface area contributed by atoms with Gasteiger partial charge < -0.3 is 15.2 Å². The van der Waals surface area contributed by atoms with Gasteiger partial charge in [-0.3, -0.25) is 4.79 Å². The molecule has 5 nitrogen and oxygen atoms in total. The summed E-state index contributed by atoms with van der Waals surface area (Å²) < 4.78 is 5.55. The zero-order chi connectivity index (χ0) is 16.3. The highest BCUT2D eigenvalue weighted by molar-refractivity contribution is 6.31. The Morgan fingerprint density at radius 2 is 2.14 bits per heavy atom. The van der Waals surface area contributed by atoms with E-state index in [-0.39, 0.29) is 0 Å². The van der Waals surface area contributed by atoms with E-state index < -0.39 is 24.0 Å². The van der Waals surface area contributed by atoms with Crippen LogP contribution in [-0.4, -0.2) is 29.1 Å². The molecule has 0 bridgehead atoms. The number of halogens is 1. The second-order valence-electron chi connectivity index (χ2n) is 5.75. The van der Waals surface area contributed by atoms with Gasteiger partial charge in [0.2, 0.25) is 0 Å². The Hall–Kier alpha value is -1.75. The number of aryl methyl sites for hydroxylation is 1. The Kier molecular flexibility index (Phi) is 5.29. The number of rotatable bonds is 7. The van der Waals surface area contributed by atoms with E-state index in [2.05, 4.69) is 5.32 Å². The first-order chi connectivity index (χ1) is 10.4. The van der Waals surface area contributed by atoms with Gasteiger partial charge in [0.1, 0.15) is 11.8 Å². The van der Waals surface area contributed by atoms with Crippen molar-refractivity contribution in [3.63, 3.8) is 0 Å². The molecule has 0 heterocycles. The summed E-state index contributed by atoms with van der Waals surface area (Å²) in [5.74, 6) is -0.495. The molecule has 2 atom stereocenters. The molecule has 120 valence electrons. The fourth-order valence-electron chi connectivity index (χ4n) is 2.15. The maximum Gasteiger partial charge on any atom is 0.326 e. The Morgan fingerprint density at radius 1 is 1.45 bits per heavy atom. The number of carboxylic acid groups (broad SMARTS) is 1. The van der Waals surface area contributed by atoms with E-state index in [4.69, 9.17) is 21.4 Å². The van der Waals surface area contributed by atoms with Crippen LogP contribution in [0.15, 0.2) is 18.2 Å². The zero-order valence-corrected chi connectivity index (χ0v) is 13.4. The summed E-state index contributed by atoms with van der Waals surface area (Å²) in [6.07, 6.45) is 1.78. The van der Waals surface area contributed by atoms with Crippen LogP contribution in [-0.2, 0) is 9.59 Å². The highest BCUT2D eigenvalue weighted by atomic mass is 35.5. The summed E-state index contributed by atoms with van der Waals surface area (Å²) in [6.45, 7) is 3.44. The molecule has 1 aliphatic rings. The lowest BCUT2D eigenvalue weighted by Crippen LogP contribution is -2.46. The number of nitrogens with one attached hydrogen (secondary N) is 1. The molecule has 6 heteroatoms. The van der Waals surface area contributed by atoms with E-state index in [0.717, 1.165) is 18.4 Å². The van der Waals surface area contributed by atoms with Crippen molar-refractivity contribution in [3.05, 3.63) is 28.8 Å². The number of carboxylic acids is 1. The van der Waals surface area contributed by atoms with E-state index in [1.807, 2.05) is 6.92 Å². The predicted octanol–water partition coefficient (Wildman–Crippen LogP) is 2.79. The monoisotopic (exact) mass is 325 g/mol. The summed E-state index contributed by atoms with van der Waals surface area (Å²) in [6, 6.07) is 4.27. The molecule has 22 heavy (non-hydrogen) atoms. The first-order valence-electron chi connectivity index (χ1n) is 7.33. The molecule has 2 unspecified atom stereocenters. The minimum atomic E-state index is -1.00. The Morgan fingerprint density at radius 3 is 2.68 bits per heavy atom. The number of amides is 1. The van der Waals surface area contributed by atoms with Crippen LogP contribution in [0.3, 0.4) is 0 Å². The second kappa shape index (κ2) is 7.01. The molecule has 0 spiro atoms. The third kappa shape index (κ3) is 4.63. The fourth-order valence-corrected chi connectivity index (χ4v) is 2.26. The minimum Gasteiger partial charge on any atom is -0.481 e. The lowest BCUT2D eigenvalue weighted by molar-refractivity contribution is -0.143. The molecule has 0 aliphatic heterocycles. The van der Waals surface area contributed by atoms with Gasteiger partial charge in [-0.05, 0) is 49.9 Å². The highest BCUT2D eigenvalue weighted by Gasteiger charge is 2.31. The minimum absolute atomic E-state index is 0.413. The number of benzene rings is 1. The van der Waals surface area contributed by atoms with Crippen molar-refractivity contribution >= 4 is 23.5 Å². The van der Waals surface area contributed by atoms with E-state index in [1.165, 1.54) is 0 Å². The third-order valence-electron chi connectivity index (χ3n) is 3.69. The van der Waals surface area contributed by atoms with Gasteiger partial charge >= 0.3 is 5.97 Å². The number of carbonyl (C=O) groups excluding carboxylic acids is 1. The van der Waals surface area contributed by atoms with Crippen LogP contribution in [0, 0.1) is 12.8 Å². The molecule has 0 radical (unpaired) electrons. The van der Waals surface area contributed by atoms with Gasteiger partial charge in [0, 0.05) is 5.02 Å². The van der Waals surface area contributed by atoms with Crippen LogP contribution < -0.4 is 10.1 Å². The molecular weight excluding hydrogens is 306 g/mol. The van der Waals surface area contributed by atoms with Gasteiger partial charge in [-0.1, -0.05) is 24.4 Å². The number of aliphatic carboxylic acids is 1. The van der Waals surface area contributed by atoms with Crippen LogP contribution in [0.1, 0.15) is 31.7 Å². The van der Waals surface area contributed by atoms with E-state index in [0.29, 0.717) is 23.1 Å². The maximum absolute atomic E-state index is 12.1. The molecule has 2 rings (SSSR count). The van der Waals surface area contributed by atoms with Crippen molar-refractivity contribution in [2.24, 2.45) is 5.92 Å². The van der Waals surface area contributed by atoms with Crippen molar-refractivity contribution in [1.82, 2.24) is 5.32 Å². The Labute approximate surface area is 134 Å². The van der Waals surface area contributed by atoms with E-state index in [9.17, 15) is 9.59 Å². The van der Waals surface area contributed by atoms with Gasteiger partial charge in [0.05, 0.1) is 0 Å². The maximum atomic E-state index is 12.1. The highest BCUT2D eigenvalue weighted by Crippen LogP contribution is 2.33. The number of hydrogen-bond donors (Lipinski definition) is 2. The Bertz CT molecular complexity index is 571. The average molecular weight is 326 g/mol. The number of hydrogen-bond acceptors (Lipinski definition) is 3. The lowest BCUT2D eigenvalue weighted by atomic mass is 10.1. The van der Waals surface area contributed by atoms with Gasteiger partial charge in [0.15, 0.2) is 6.10 Å². The van der Waals surface area contributed by atoms with Crippen LogP contribution in [0.2, 0.25) is 5.02 Å². The standard InChI is InChI=1S/C16H20ClNO4/c1-9-7-12(5-6-13(9)17)22-10(2)15(19)18-14(16(20)21)8-11-3-4-11/h5-7,10-11,14H,3-4,8H2,1-2H3,(H,18,19)(H,20,21). The van der Waals surface area contributed by atoms with Gasteiger partial charge in [-0.2, -0.15) is 0 Å². The zero-order valence-electron chi connectivity index (χ0n) is 12.6. The SMILES string of the molecule is Cc1cc(OC(C)C(=O)NC(CC2CC2)C(=O)O)ccc1Cl. The predicted molar refractivity (Wildman–Crippen MR) is 83.2 cm³/mol. The topological polar surface area (TPSA) is 75.6 Å². The molecule has 1 aromatic rings. The van der Waals surface area contributed by atoms with Crippen molar-refractivity contribution < 1.29 is 19.4 Å². The van der Waals surface area contributed by atoms with Crippen molar-refractivity contribution in [2.75, 3.05) is 0 Å². The molecule has 1 amide bonds. The number of ether oxygens (including phenoxy) is 1. The molecular formula is C16H20ClNO4. The van der Waals surface area contributed by atoms with Gasteiger partial charge in [0.25, 0.3) is 5.91 Å². The molecule has 0 aromatic heterocycles. The molecule has 2 N–H and O–H groups in total. The van der Waals surface area contributed by atoms with Crippen molar-refractivity contribution in [2.45, 2.75) is 45.3 Å². The molecule has 0 saturated heterocycles. The first-order valence-corrected chi connectivity index (χ1v) is 7.70. The first kappa shape index (κ1) is 16.6. The largest absolute Gasteiger partial charge is 0.481 e. The van der Waals surface area contributed by atoms with Crippen LogP contribution >= 0.6 is 11.6 Å². The number of carbonyl (C=O) groups is 2. The smallest absolute Gasteiger partial charge is 0.326 e. The van der Waals surface area contributed by atoms with E-state index >= 15 is 0 Å². The van der Waals surface area contributed by atoms with Gasteiger partial charge in [-0.15, -0.1) is 0 Å². The summed E-state index contributed by atoms with van der Waals surface area (Å²) >= 11 is 5.94. The van der Waals surface area contributed by atoms with Gasteiger partial charge in [-0.25, -0.2) is 4.79 Å². The van der Waals surface area contributed by atoms with E-state index in [1.54, 1.807) is 25.1 Å². The summed E-state index contributed by atoms with van der Waals surface area (Å²) in [5, 5.41) is 12.3. The molecule has 1 saturated carbocycles. The summed E-state index contributed by atoms with van der Waals surface area (Å²) in [5.41, 5.74) is 0.851. The quantitative estimate of drug-likeness (QED) is 0.808.